The number of amides is 2. The summed E-state index contributed by atoms with van der Waals surface area (Å²) in [5, 5.41) is 8.98. The fourth-order valence-electron chi connectivity index (χ4n) is 3.57. The van der Waals surface area contributed by atoms with E-state index in [0.29, 0.717) is 12.5 Å². The summed E-state index contributed by atoms with van der Waals surface area (Å²) in [5.74, 6) is -0.313. The van der Waals surface area contributed by atoms with Gasteiger partial charge in [-0.3, -0.25) is 0 Å². The zero-order chi connectivity index (χ0) is 18.6. The Balaban J connectivity index is 2.07. The highest BCUT2D eigenvalue weighted by Crippen LogP contribution is 2.39. The normalized spacial score (nSPS) is 21.7. The lowest BCUT2D eigenvalue weighted by Crippen LogP contribution is -2.45. The molecule has 0 bridgehead atoms. The molecule has 5 heteroatoms. The predicted octanol–water partition coefficient (Wildman–Crippen LogP) is 3.87. The number of aromatic carboxylic acids is 1. The van der Waals surface area contributed by atoms with Crippen molar-refractivity contribution in [2.45, 2.75) is 59.0 Å². The number of benzene rings is 1. The minimum absolute atomic E-state index is 0.114. The van der Waals surface area contributed by atoms with Gasteiger partial charge in [-0.2, -0.15) is 0 Å². The molecule has 0 unspecified atom stereocenters. The summed E-state index contributed by atoms with van der Waals surface area (Å²) >= 11 is 0. The maximum absolute atomic E-state index is 12.2. The fourth-order valence-corrected chi connectivity index (χ4v) is 3.57. The number of urea groups is 1. The van der Waals surface area contributed by atoms with Crippen LogP contribution in [0.25, 0.3) is 0 Å². The van der Waals surface area contributed by atoms with Crippen molar-refractivity contribution in [3.8, 4) is 0 Å². The molecule has 1 aromatic rings. The quantitative estimate of drug-likeness (QED) is 0.877. The van der Waals surface area contributed by atoms with Crippen LogP contribution in [0.2, 0.25) is 1.41 Å². The molecule has 0 atom stereocenters. The molecular formula is C19H28N2O3. The lowest BCUT2D eigenvalue weighted by atomic mass is 9.71. The van der Waals surface area contributed by atoms with E-state index >= 15 is 0 Å². The molecule has 0 radical (unpaired) electrons. The summed E-state index contributed by atoms with van der Waals surface area (Å²) in [6.45, 7) is 7.16. The van der Waals surface area contributed by atoms with Crippen LogP contribution in [0, 0.1) is 11.3 Å². The van der Waals surface area contributed by atoms with E-state index in [1.807, 2.05) is 5.73 Å². The molecule has 1 saturated carbocycles. The van der Waals surface area contributed by atoms with Crippen molar-refractivity contribution in [3.05, 3.63) is 35.4 Å². The van der Waals surface area contributed by atoms with Crippen molar-refractivity contribution in [2.75, 3.05) is 0 Å². The van der Waals surface area contributed by atoms with Crippen LogP contribution in [-0.2, 0) is 6.54 Å². The van der Waals surface area contributed by atoms with Gasteiger partial charge < -0.3 is 15.7 Å². The number of carbonyl (C=O) groups excluding carboxylic acids is 1. The number of nitrogens with zero attached hydrogens (tertiary/aromatic N) is 1. The molecule has 2 amide bonds. The Bertz CT molecular complexity index is 602. The summed E-state index contributed by atoms with van der Waals surface area (Å²) in [5.41, 5.74) is 3.37. The van der Waals surface area contributed by atoms with E-state index in [0.717, 1.165) is 31.2 Å². The highest BCUT2D eigenvalue weighted by molar-refractivity contribution is 5.87. The third kappa shape index (κ3) is 4.49. The van der Waals surface area contributed by atoms with E-state index in [1.165, 1.54) is 0 Å². The van der Waals surface area contributed by atoms with E-state index in [-0.39, 0.29) is 17.0 Å². The first kappa shape index (κ1) is 16.8. The SMILES string of the molecule is [2H]NC(=O)N(Cc1ccc(C(=O)O)cc1)C1CCC(C(C)(C)C)CC1. The van der Waals surface area contributed by atoms with Gasteiger partial charge in [0.1, 0.15) is 0 Å². The minimum atomic E-state index is -0.965. The van der Waals surface area contributed by atoms with Gasteiger partial charge in [0, 0.05) is 12.6 Å². The predicted molar refractivity (Wildman–Crippen MR) is 93.7 cm³/mol. The number of hydrogen-bond acceptors (Lipinski definition) is 2. The van der Waals surface area contributed by atoms with Crippen LogP contribution in [0.1, 0.15) is 62.4 Å². The van der Waals surface area contributed by atoms with Gasteiger partial charge in [-0.25, -0.2) is 9.59 Å². The zero-order valence-electron chi connectivity index (χ0n) is 15.7. The zero-order valence-corrected chi connectivity index (χ0v) is 14.7. The van der Waals surface area contributed by atoms with Crippen LogP contribution in [-0.4, -0.2) is 28.0 Å². The molecule has 5 nitrogen and oxygen atoms in total. The first-order valence-corrected chi connectivity index (χ1v) is 8.53. The number of nitrogens with two attached hydrogens (primary N) is 1. The Hall–Kier alpha value is -2.04. The molecule has 0 aliphatic heterocycles. The maximum atomic E-state index is 12.2. The molecule has 24 heavy (non-hydrogen) atoms. The monoisotopic (exact) mass is 333 g/mol. The number of carbonyl (C=O) groups is 2. The molecule has 1 aromatic carbocycles. The van der Waals surface area contributed by atoms with Gasteiger partial charge in [-0.05, 0) is 54.7 Å². The summed E-state index contributed by atoms with van der Waals surface area (Å²) in [4.78, 5) is 24.9. The lowest BCUT2D eigenvalue weighted by Gasteiger charge is -2.40. The summed E-state index contributed by atoms with van der Waals surface area (Å²) in [6, 6.07) is 6.27. The molecule has 3 N–H and O–H groups in total. The van der Waals surface area contributed by atoms with Crippen molar-refractivity contribution in [2.24, 2.45) is 17.1 Å². The second-order valence-corrected chi connectivity index (χ2v) is 7.81. The van der Waals surface area contributed by atoms with Gasteiger partial charge in [0.15, 0.2) is 1.41 Å². The number of hydrogen-bond donors (Lipinski definition) is 2. The van der Waals surface area contributed by atoms with Gasteiger partial charge in [-0.1, -0.05) is 32.9 Å². The maximum Gasteiger partial charge on any atom is 0.335 e. The van der Waals surface area contributed by atoms with E-state index in [9.17, 15) is 9.59 Å². The highest BCUT2D eigenvalue weighted by Gasteiger charge is 2.33. The van der Waals surface area contributed by atoms with Crippen LogP contribution in [0.15, 0.2) is 24.3 Å². The van der Waals surface area contributed by atoms with E-state index in [4.69, 9.17) is 6.52 Å². The molecule has 1 aliphatic carbocycles. The summed E-state index contributed by atoms with van der Waals surface area (Å²) < 4.78 is 7.23. The average Bonchev–Trinajstić information content (AvgIpc) is 2.58. The van der Waals surface area contributed by atoms with E-state index < -0.39 is 12.0 Å². The van der Waals surface area contributed by atoms with Crippen molar-refractivity contribution in [1.82, 2.24) is 4.90 Å². The van der Waals surface area contributed by atoms with Crippen LogP contribution >= 0.6 is 0 Å². The van der Waals surface area contributed by atoms with Gasteiger partial charge in [0.25, 0.3) is 0 Å². The third-order valence-corrected chi connectivity index (χ3v) is 5.18. The average molecular weight is 333 g/mol. The van der Waals surface area contributed by atoms with Gasteiger partial charge in [-0.15, -0.1) is 0 Å². The Morgan fingerprint density at radius 2 is 1.79 bits per heavy atom. The Morgan fingerprint density at radius 1 is 1.21 bits per heavy atom. The topological polar surface area (TPSA) is 83.6 Å². The third-order valence-electron chi connectivity index (χ3n) is 5.18. The second kappa shape index (κ2) is 7.24. The Kier molecular flexibility index (Phi) is 5.07. The summed E-state index contributed by atoms with van der Waals surface area (Å²) in [6.07, 6.45) is 4.02. The molecule has 0 spiro atoms. The number of primary amides is 1. The first-order chi connectivity index (χ1) is 11.7. The molecule has 1 aliphatic rings. The lowest BCUT2D eigenvalue weighted by molar-refractivity contribution is 0.0696. The molecular weight excluding hydrogens is 304 g/mol. The van der Waals surface area contributed by atoms with Crippen LogP contribution in [0.4, 0.5) is 4.79 Å². The molecule has 0 aromatic heterocycles. The van der Waals surface area contributed by atoms with Crippen molar-refractivity contribution in [3.63, 3.8) is 0 Å². The molecule has 0 heterocycles. The van der Waals surface area contributed by atoms with Gasteiger partial charge >= 0.3 is 12.0 Å². The van der Waals surface area contributed by atoms with Gasteiger partial charge in [0.05, 0.1) is 5.56 Å². The Labute approximate surface area is 145 Å². The van der Waals surface area contributed by atoms with Gasteiger partial charge in [0.2, 0.25) is 0 Å². The molecule has 132 valence electrons. The largest absolute Gasteiger partial charge is 0.478 e. The highest BCUT2D eigenvalue weighted by atomic mass is 16.4. The minimum Gasteiger partial charge on any atom is -0.478 e. The van der Waals surface area contributed by atoms with Crippen LogP contribution < -0.4 is 5.73 Å². The molecule has 2 rings (SSSR count). The van der Waals surface area contributed by atoms with Crippen LogP contribution in [0.3, 0.4) is 0 Å². The van der Waals surface area contributed by atoms with Crippen LogP contribution in [0.5, 0.6) is 0 Å². The van der Waals surface area contributed by atoms with E-state index in [2.05, 4.69) is 20.8 Å². The fraction of sp³-hybridized carbons (Fsp3) is 0.579. The summed E-state index contributed by atoms with van der Waals surface area (Å²) in [7, 11) is 0. The van der Waals surface area contributed by atoms with Crippen molar-refractivity contribution in [1.29, 1.82) is 0 Å². The smallest absolute Gasteiger partial charge is 0.335 e. The second-order valence-electron chi connectivity index (χ2n) is 7.81. The number of rotatable bonds is 4. The first-order valence-electron chi connectivity index (χ1n) is 9.03. The Morgan fingerprint density at radius 3 is 2.25 bits per heavy atom. The van der Waals surface area contributed by atoms with Crippen molar-refractivity contribution < 1.29 is 16.1 Å². The standard InChI is InChI=1S/C19H28N2O3/c1-19(2,3)15-8-10-16(11-9-15)21(18(20)24)12-13-4-6-14(7-5-13)17(22)23/h4-7,15-16H,8-12H2,1-3H3,(H2,20,24)(H,22,23)/i/hD. The molecule has 1 fully saturated rings. The number of carboxylic acids is 1. The van der Waals surface area contributed by atoms with Crippen molar-refractivity contribution >= 4 is 12.0 Å². The molecule has 0 saturated heterocycles. The van der Waals surface area contributed by atoms with E-state index in [1.54, 1.807) is 29.2 Å². The number of carboxylic acid groups (broad SMARTS) is 1.